The predicted octanol–water partition coefficient (Wildman–Crippen LogP) is 3.07. The molecule has 1 amide bonds. The van der Waals surface area contributed by atoms with Crippen molar-refractivity contribution >= 4 is 11.9 Å². The zero-order valence-corrected chi connectivity index (χ0v) is 17.5. The number of carboxylic acids is 1. The lowest BCUT2D eigenvalue weighted by molar-refractivity contribution is -0.150. The van der Waals surface area contributed by atoms with Gasteiger partial charge in [-0.25, -0.2) is 9.18 Å². The molecule has 2 atom stereocenters. The molecule has 2 unspecified atom stereocenters. The molecule has 8 aliphatic rings. The predicted molar refractivity (Wildman–Crippen MR) is 108 cm³/mol. The monoisotopic (exact) mass is 426 g/mol. The number of amides is 1. The number of carbonyl (C=O) groups excluding carboxylic acids is 1. The molecule has 1 N–H and O–H groups in total. The molecule has 6 bridgehead atoms. The van der Waals surface area contributed by atoms with Crippen LogP contribution in [0.5, 0.6) is 5.75 Å². The molecule has 1 aromatic rings. The Morgan fingerprint density at radius 1 is 1.16 bits per heavy atom. The van der Waals surface area contributed by atoms with E-state index in [9.17, 15) is 14.7 Å². The Morgan fingerprint density at radius 2 is 1.87 bits per heavy atom. The maximum atomic E-state index is 15.2. The number of rotatable bonds is 6. The van der Waals surface area contributed by atoms with Crippen molar-refractivity contribution in [2.75, 3.05) is 26.4 Å². The van der Waals surface area contributed by atoms with E-state index in [1.165, 1.54) is 36.6 Å². The van der Waals surface area contributed by atoms with Crippen LogP contribution in [0.3, 0.4) is 0 Å². The van der Waals surface area contributed by atoms with Crippen molar-refractivity contribution in [3.63, 3.8) is 0 Å². The van der Waals surface area contributed by atoms with Crippen LogP contribution in [0.25, 0.3) is 0 Å². The van der Waals surface area contributed by atoms with Crippen LogP contribution in [0.15, 0.2) is 12.1 Å². The number of carboxylic acid groups (broad SMARTS) is 1. The van der Waals surface area contributed by atoms with E-state index in [-0.39, 0.29) is 17.6 Å². The quantitative estimate of drug-likeness (QED) is 0.757. The number of aliphatic carboxylic acids is 1. The van der Waals surface area contributed by atoms with Gasteiger partial charge >= 0.3 is 5.97 Å². The van der Waals surface area contributed by atoms with E-state index in [1.807, 2.05) is 4.90 Å². The first-order chi connectivity index (χ1) is 14.9. The second-order valence-corrected chi connectivity index (χ2v) is 11.1. The Kier molecular flexibility index (Phi) is 3.45. The Hall–Kier alpha value is -2.15. The van der Waals surface area contributed by atoms with Crippen LogP contribution in [0.2, 0.25) is 0 Å². The minimum atomic E-state index is -1.21. The largest absolute Gasteiger partial charge is 0.493 e. The van der Waals surface area contributed by atoms with E-state index in [1.54, 1.807) is 6.07 Å². The first-order valence-electron chi connectivity index (χ1n) is 11.6. The fourth-order valence-electron chi connectivity index (χ4n) is 7.66. The van der Waals surface area contributed by atoms with Crippen LogP contribution in [-0.2, 0) is 4.79 Å². The summed E-state index contributed by atoms with van der Waals surface area (Å²) < 4.78 is 21.5. The standard InChI is InChI=1S/C24H27FN2O4/c25-19-6-20(31-11-23-7-14-3-16(23)4-15(14)8-23)17(13-1-2-13)5-18(19)21(28)27-12-26-9-24(27,10-26)22(29)30/h5-6,13-16H,1-4,7-12H2,(H,29,30). The van der Waals surface area contributed by atoms with Crippen LogP contribution in [0.4, 0.5) is 4.39 Å². The lowest BCUT2D eigenvalue weighted by atomic mass is 9.82. The summed E-state index contributed by atoms with van der Waals surface area (Å²) in [5, 5.41) is 9.66. The molecule has 9 rings (SSSR count). The first-order valence-corrected chi connectivity index (χ1v) is 11.6. The molecule has 5 aliphatic carbocycles. The average Bonchev–Trinajstić information content (AvgIpc) is 3.11. The van der Waals surface area contributed by atoms with Gasteiger partial charge in [0.15, 0.2) is 5.54 Å². The molecule has 31 heavy (non-hydrogen) atoms. The molecule has 3 heterocycles. The number of nitrogens with zero attached hydrogens (tertiary/aromatic N) is 2. The maximum absolute atomic E-state index is 15.2. The molecule has 0 spiro atoms. The number of fused-ring (bicyclic) bond motifs is 1. The molecular weight excluding hydrogens is 399 g/mol. The van der Waals surface area contributed by atoms with Gasteiger partial charge < -0.3 is 14.7 Å². The highest BCUT2D eigenvalue weighted by Crippen LogP contribution is 2.70. The number of benzene rings is 1. The molecule has 164 valence electrons. The van der Waals surface area contributed by atoms with Crippen LogP contribution in [0.1, 0.15) is 60.4 Å². The van der Waals surface area contributed by atoms with Crippen LogP contribution < -0.4 is 4.74 Å². The van der Waals surface area contributed by atoms with Gasteiger partial charge in [-0.15, -0.1) is 0 Å². The minimum absolute atomic E-state index is 0.0224. The van der Waals surface area contributed by atoms with E-state index in [0.717, 1.165) is 36.2 Å². The fourth-order valence-corrected chi connectivity index (χ4v) is 7.66. The second-order valence-electron chi connectivity index (χ2n) is 11.1. The molecule has 0 radical (unpaired) electrons. The van der Waals surface area contributed by atoms with Crippen molar-refractivity contribution in [2.45, 2.75) is 50.0 Å². The summed E-state index contributed by atoms with van der Waals surface area (Å²) in [6.07, 6.45) is 7.22. The van der Waals surface area contributed by atoms with Crippen molar-refractivity contribution in [3.05, 3.63) is 29.1 Å². The third kappa shape index (κ3) is 2.36. The van der Waals surface area contributed by atoms with Gasteiger partial charge in [-0.3, -0.25) is 9.69 Å². The van der Waals surface area contributed by atoms with Gasteiger partial charge in [0.1, 0.15) is 11.6 Å². The van der Waals surface area contributed by atoms with E-state index in [2.05, 4.69) is 0 Å². The lowest BCUT2D eigenvalue weighted by Crippen LogP contribution is -2.63. The summed E-state index contributed by atoms with van der Waals surface area (Å²) in [6, 6.07) is 3.03. The van der Waals surface area contributed by atoms with E-state index >= 15 is 4.39 Å². The maximum Gasteiger partial charge on any atom is 0.332 e. The molecular formula is C24H27FN2O4. The molecule has 8 fully saturated rings. The summed E-state index contributed by atoms with van der Waals surface area (Å²) in [6.45, 7) is 1.53. The molecule has 6 nitrogen and oxygen atoms in total. The third-order valence-electron chi connectivity index (χ3n) is 9.38. The van der Waals surface area contributed by atoms with Gasteiger partial charge in [0.2, 0.25) is 0 Å². The Bertz CT molecular complexity index is 1000. The highest BCUT2D eigenvalue weighted by atomic mass is 19.1. The van der Waals surface area contributed by atoms with Gasteiger partial charge in [-0.2, -0.15) is 0 Å². The zero-order chi connectivity index (χ0) is 21.1. The normalized spacial score (nSPS) is 41.1. The molecule has 0 aromatic heterocycles. The van der Waals surface area contributed by atoms with Crippen LogP contribution >= 0.6 is 0 Å². The number of hydrogen-bond donors (Lipinski definition) is 1. The van der Waals surface area contributed by atoms with Gasteiger partial charge in [0.05, 0.1) is 18.8 Å². The Balaban J connectivity index is 1.17. The number of carbonyl (C=O) groups is 2. The highest BCUT2D eigenvalue weighted by Gasteiger charge is 2.64. The molecule has 7 heteroatoms. The van der Waals surface area contributed by atoms with Gasteiger partial charge in [-0.1, -0.05) is 0 Å². The summed E-state index contributed by atoms with van der Waals surface area (Å²) in [5.41, 5.74) is -0.0389. The van der Waals surface area contributed by atoms with Crippen molar-refractivity contribution in [1.29, 1.82) is 0 Å². The average molecular weight is 426 g/mol. The SMILES string of the molecule is O=C(c1cc(C2CC2)c(OCC23CC4CC2CC4C3)cc1F)N1CN2CC1(C(=O)O)C2. The smallest absolute Gasteiger partial charge is 0.332 e. The van der Waals surface area contributed by atoms with Crippen molar-refractivity contribution in [1.82, 2.24) is 9.80 Å². The number of ether oxygens (including phenoxy) is 1. The molecule has 5 saturated carbocycles. The van der Waals surface area contributed by atoms with Gasteiger partial charge in [0.25, 0.3) is 5.91 Å². The summed E-state index contributed by atoms with van der Waals surface area (Å²) in [4.78, 5) is 28.2. The van der Waals surface area contributed by atoms with Crippen LogP contribution in [-0.4, -0.2) is 58.7 Å². The Morgan fingerprint density at radius 3 is 2.45 bits per heavy atom. The lowest BCUT2D eigenvalue weighted by Gasteiger charge is -2.38. The Labute approximate surface area is 180 Å². The fraction of sp³-hybridized carbons (Fsp3) is 0.667. The van der Waals surface area contributed by atoms with Crippen molar-refractivity contribution < 1.29 is 23.8 Å². The second kappa shape index (κ2) is 5.80. The number of halogens is 1. The van der Waals surface area contributed by atoms with Crippen LogP contribution in [0, 0.1) is 29.0 Å². The molecule has 1 aromatic carbocycles. The highest BCUT2D eigenvalue weighted by molar-refractivity contribution is 5.99. The summed E-state index contributed by atoms with van der Waals surface area (Å²) in [5.74, 6) is 1.25. The van der Waals surface area contributed by atoms with Crippen molar-refractivity contribution in [2.24, 2.45) is 23.2 Å². The summed E-state index contributed by atoms with van der Waals surface area (Å²) >= 11 is 0. The molecule has 3 aliphatic heterocycles. The van der Waals surface area contributed by atoms with E-state index in [4.69, 9.17) is 4.74 Å². The van der Waals surface area contributed by atoms with Gasteiger partial charge in [-0.05, 0) is 73.8 Å². The van der Waals surface area contributed by atoms with Gasteiger partial charge in [0, 0.05) is 24.6 Å². The summed E-state index contributed by atoms with van der Waals surface area (Å²) in [7, 11) is 0. The topological polar surface area (TPSA) is 70.1 Å². The first kappa shape index (κ1) is 18.4. The minimum Gasteiger partial charge on any atom is -0.493 e. The molecule has 3 saturated heterocycles. The number of hydrogen-bond acceptors (Lipinski definition) is 4. The van der Waals surface area contributed by atoms with E-state index < -0.39 is 23.2 Å². The zero-order valence-electron chi connectivity index (χ0n) is 17.5. The third-order valence-corrected chi connectivity index (χ3v) is 9.38. The van der Waals surface area contributed by atoms with Crippen molar-refractivity contribution in [3.8, 4) is 5.75 Å². The van der Waals surface area contributed by atoms with E-state index in [0.29, 0.717) is 31.4 Å².